The van der Waals surface area contributed by atoms with Gasteiger partial charge in [-0.3, -0.25) is 0 Å². The van der Waals surface area contributed by atoms with Crippen LogP contribution in [0.4, 0.5) is 0 Å². The molecule has 1 aromatic carbocycles. The molecule has 0 radical (unpaired) electrons. The standard InChI is InChI=1S/C17H23N3O/c1-2-18-11-5-8-16-19-20-17(21-16)15-10-9-13-6-3-4-7-14(13)12-15/h3-4,6-7,15,18H,2,5,8-12H2,1H3. The molecule has 21 heavy (non-hydrogen) atoms. The second-order valence-electron chi connectivity index (χ2n) is 5.70. The van der Waals surface area contributed by atoms with E-state index < -0.39 is 0 Å². The summed E-state index contributed by atoms with van der Waals surface area (Å²) in [6.07, 6.45) is 5.15. The van der Waals surface area contributed by atoms with Gasteiger partial charge in [-0.25, -0.2) is 0 Å². The fraction of sp³-hybridized carbons (Fsp3) is 0.529. The van der Waals surface area contributed by atoms with E-state index in [1.807, 2.05) is 0 Å². The maximum atomic E-state index is 5.87. The summed E-state index contributed by atoms with van der Waals surface area (Å²) in [6, 6.07) is 8.68. The van der Waals surface area contributed by atoms with Crippen molar-refractivity contribution in [3.8, 4) is 0 Å². The van der Waals surface area contributed by atoms with E-state index in [0.717, 1.165) is 57.0 Å². The zero-order valence-corrected chi connectivity index (χ0v) is 12.6. The highest BCUT2D eigenvalue weighted by Crippen LogP contribution is 2.31. The summed E-state index contributed by atoms with van der Waals surface area (Å²) >= 11 is 0. The number of hydrogen-bond donors (Lipinski definition) is 1. The van der Waals surface area contributed by atoms with Crippen LogP contribution in [0, 0.1) is 0 Å². The van der Waals surface area contributed by atoms with E-state index >= 15 is 0 Å². The summed E-state index contributed by atoms with van der Waals surface area (Å²) in [5.74, 6) is 1.99. The van der Waals surface area contributed by atoms with E-state index in [2.05, 4.69) is 46.7 Å². The van der Waals surface area contributed by atoms with Gasteiger partial charge in [0.1, 0.15) is 0 Å². The van der Waals surface area contributed by atoms with Gasteiger partial charge in [0.15, 0.2) is 0 Å². The van der Waals surface area contributed by atoms with Gasteiger partial charge >= 0.3 is 0 Å². The first-order valence-electron chi connectivity index (χ1n) is 7.96. The average Bonchev–Trinajstić information content (AvgIpc) is 3.00. The van der Waals surface area contributed by atoms with Gasteiger partial charge in [0.25, 0.3) is 0 Å². The molecule has 0 saturated carbocycles. The van der Waals surface area contributed by atoms with Crippen LogP contribution >= 0.6 is 0 Å². The Labute approximate surface area is 126 Å². The van der Waals surface area contributed by atoms with Gasteiger partial charge in [-0.15, -0.1) is 10.2 Å². The molecule has 0 bridgehead atoms. The molecule has 0 amide bonds. The Bertz CT molecular complexity index is 579. The zero-order valence-electron chi connectivity index (χ0n) is 12.6. The quantitative estimate of drug-likeness (QED) is 0.829. The smallest absolute Gasteiger partial charge is 0.219 e. The van der Waals surface area contributed by atoms with E-state index in [0.29, 0.717) is 5.92 Å². The molecule has 112 valence electrons. The van der Waals surface area contributed by atoms with Crippen molar-refractivity contribution < 1.29 is 4.42 Å². The van der Waals surface area contributed by atoms with Crippen LogP contribution in [0.25, 0.3) is 0 Å². The highest BCUT2D eigenvalue weighted by molar-refractivity contribution is 5.31. The van der Waals surface area contributed by atoms with Crippen LogP contribution in [0.15, 0.2) is 28.7 Å². The molecule has 1 atom stereocenters. The van der Waals surface area contributed by atoms with E-state index in [4.69, 9.17) is 4.42 Å². The second kappa shape index (κ2) is 6.85. The average molecular weight is 285 g/mol. The second-order valence-corrected chi connectivity index (χ2v) is 5.70. The topological polar surface area (TPSA) is 51.0 Å². The van der Waals surface area contributed by atoms with E-state index in [9.17, 15) is 0 Å². The van der Waals surface area contributed by atoms with E-state index in [1.165, 1.54) is 11.1 Å². The molecule has 0 fully saturated rings. The van der Waals surface area contributed by atoms with E-state index in [1.54, 1.807) is 0 Å². The Morgan fingerprint density at radius 3 is 2.95 bits per heavy atom. The maximum absolute atomic E-state index is 5.87. The van der Waals surface area contributed by atoms with Crippen LogP contribution in [0.1, 0.15) is 48.6 Å². The Hall–Kier alpha value is -1.68. The number of fused-ring (bicyclic) bond motifs is 1. The van der Waals surface area contributed by atoms with Gasteiger partial charge in [0, 0.05) is 12.3 Å². The first-order valence-corrected chi connectivity index (χ1v) is 7.96. The molecule has 1 N–H and O–H groups in total. The van der Waals surface area contributed by atoms with Crippen LogP contribution in [-0.4, -0.2) is 23.3 Å². The summed E-state index contributed by atoms with van der Waals surface area (Å²) < 4.78 is 5.87. The van der Waals surface area contributed by atoms with Crippen LogP contribution in [0.3, 0.4) is 0 Å². The third-order valence-corrected chi connectivity index (χ3v) is 4.17. The number of rotatable bonds is 6. The molecule has 4 nitrogen and oxygen atoms in total. The lowest BCUT2D eigenvalue weighted by Crippen LogP contribution is -2.14. The summed E-state index contributed by atoms with van der Waals surface area (Å²) in [6.45, 7) is 4.13. The largest absolute Gasteiger partial charge is 0.425 e. The van der Waals surface area contributed by atoms with Gasteiger partial charge in [0.2, 0.25) is 11.8 Å². The molecule has 0 saturated heterocycles. The molecule has 1 aliphatic rings. The number of nitrogens with zero attached hydrogens (tertiary/aromatic N) is 2. The number of benzene rings is 1. The monoisotopic (exact) mass is 285 g/mol. The molecule has 3 rings (SSSR count). The number of aromatic nitrogens is 2. The summed E-state index contributed by atoms with van der Waals surface area (Å²) in [5.41, 5.74) is 2.90. The van der Waals surface area contributed by atoms with E-state index in [-0.39, 0.29) is 0 Å². The van der Waals surface area contributed by atoms with Gasteiger partial charge < -0.3 is 9.73 Å². The SMILES string of the molecule is CCNCCCc1nnc(C2CCc3ccccc3C2)o1. The summed E-state index contributed by atoms with van der Waals surface area (Å²) in [5, 5.41) is 11.8. The third kappa shape index (κ3) is 3.50. The van der Waals surface area contributed by atoms with Crippen molar-refractivity contribution >= 4 is 0 Å². The molecule has 0 spiro atoms. The van der Waals surface area contributed by atoms with Crippen molar-refractivity contribution in [3.05, 3.63) is 47.2 Å². The van der Waals surface area contributed by atoms with Gasteiger partial charge in [-0.05, 0) is 49.9 Å². The first kappa shape index (κ1) is 14.3. The lowest BCUT2D eigenvalue weighted by molar-refractivity contribution is 0.391. The molecule has 4 heteroatoms. The Morgan fingerprint density at radius 1 is 1.24 bits per heavy atom. The minimum atomic E-state index is 0.384. The van der Waals surface area contributed by atoms with Crippen molar-refractivity contribution in [3.63, 3.8) is 0 Å². The summed E-state index contributed by atoms with van der Waals surface area (Å²) in [4.78, 5) is 0. The summed E-state index contributed by atoms with van der Waals surface area (Å²) in [7, 11) is 0. The number of hydrogen-bond acceptors (Lipinski definition) is 4. The minimum Gasteiger partial charge on any atom is -0.425 e. The molecule has 1 heterocycles. The fourth-order valence-electron chi connectivity index (χ4n) is 2.98. The van der Waals surface area contributed by atoms with Crippen LogP contribution in [0.2, 0.25) is 0 Å². The van der Waals surface area contributed by atoms with Crippen molar-refractivity contribution in [2.45, 2.75) is 44.9 Å². The van der Waals surface area contributed by atoms with Crippen molar-refractivity contribution in [1.29, 1.82) is 0 Å². The van der Waals surface area contributed by atoms with Crippen LogP contribution < -0.4 is 5.32 Å². The predicted molar refractivity (Wildman–Crippen MR) is 82.4 cm³/mol. The molecule has 1 aromatic heterocycles. The first-order chi connectivity index (χ1) is 10.4. The van der Waals surface area contributed by atoms with Gasteiger partial charge in [0.05, 0.1) is 0 Å². The molecule has 2 aromatic rings. The molecule has 1 aliphatic carbocycles. The minimum absolute atomic E-state index is 0.384. The Balaban J connectivity index is 1.59. The van der Waals surface area contributed by atoms with Gasteiger partial charge in [-0.2, -0.15) is 0 Å². The highest BCUT2D eigenvalue weighted by atomic mass is 16.4. The normalized spacial score (nSPS) is 17.7. The fourth-order valence-corrected chi connectivity index (χ4v) is 2.98. The maximum Gasteiger partial charge on any atom is 0.219 e. The predicted octanol–water partition coefficient (Wildman–Crippen LogP) is 2.88. The zero-order chi connectivity index (χ0) is 14.5. The molecule has 1 unspecified atom stereocenters. The molecular weight excluding hydrogens is 262 g/mol. The van der Waals surface area contributed by atoms with Crippen LogP contribution in [-0.2, 0) is 19.3 Å². The Kier molecular flexibility index (Phi) is 4.65. The van der Waals surface area contributed by atoms with Crippen molar-refractivity contribution in [1.82, 2.24) is 15.5 Å². The lowest BCUT2D eigenvalue weighted by Gasteiger charge is -2.21. The number of nitrogens with one attached hydrogen (secondary N) is 1. The highest BCUT2D eigenvalue weighted by Gasteiger charge is 2.24. The third-order valence-electron chi connectivity index (χ3n) is 4.17. The van der Waals surface area contributed by atoms with Crippen LogP contribution in [0.5, 0.6) is 0 Å². The van der Waals surface area contributed by atoms with Crippen molar-refractivity contribution in [2.75, 3.05) is 13.1 Å². The molecular formula is C17H23N3O. The Morgan fingerprint density at radius 2 is 2.10 bits per heavy atom. The number of aryl methyl sites for hydroxylation is 2. The lowest BCUT2D eigenvalue weighted by atomic mass is 9.84. The van der Waals surface area contributed by atoms with Gasteiger partial charge in [-0.1, -0.05) is 31.2 Å². The van der Waals surface area contributed by atoms with Crippen molar-refractivity contribution in [2.24, 2.45) is 0 Å². The molecule has 0 aliphatic heterocycles.